The maximum absolute atomic E-state index is 11.9. The minimum atomic E-state index is -0.106. The number of hydrogen-bond donors (Lipinski definition) is 3. The summed E-state index contributed by atoms with van der Waals surface area (Å²) in [6, 6.07) is 7.22. The Morgan fingerprint density at radius 2 is 2.15 bits per heavy atom. The highest BCUT2D eigenvalue weighted by atomic mass is 32.1. The molecule has 0 aliphatic carbocycles. The molecule has 4 N–H and O–H groups in total. The summed E-state index contributed by atoms with van der Waals surface area (Å²) in [5.74, 6) is -0.106. The molecule has 0 aliphatic heterocycles. The molecule has 1 aromatic rings. The quantitative estimate of drug-likeness (QED) is 0.653. The Labute approximate surface area is 124 Å². The summed E-state index contributed by atoms with van der Waals surface area (Å²) >= 11 is 4.95. The SMILES string of the molecule is CC(CO)N(C)CCC(=O)Nc1ccccc1C(N)=S. The van der Waals surface area contributed by atoms with Crippen LogP contribution in [0.3, 0.4) is 0 Å². The Morgan fingerprint density at radius 1 is 1.50 bits per heavy atom. The number of nitrogens with zero attached hydrogens (tertiary/aromatic N) is 1. The Kier molecular flexibility index (Phi) is 6.57. The van der Waals surface area contributed by atoms with Crippen molar-refractivity contribution in [2.45, 2.75) is 19.4 Å². The van der Waals surface area contributed by atoms with Crippen LogP contribution in [0.15, 0.2) is 24.3 Å². The van der Waals surface area contributed by atoms with Gasteiger partial charge in [-0.15, -0.1) is 0 Å². The number of thiocarbonyl (C=S) groups is 1. The molecule has 5 nitrogen and oxygen atoms in total. The largest absolute Gasteiger partial charge is 0.395 e. The summed E-state index contributed by atoms with van der Waals surface area (Å²) in [6.45, 7) is 2.55. The molecule has 1 amide bonds. The highest BCUT2D eigenvalue weighted by Gasteiger charge is 2.11. The lowest BCUT2D eigenvalue weighted by Crippen LogP contribution is -2.34. The van der Waals surface area contributed by atoms with Gasteiger partial charge < -0.3 is 21.1 Å². The predicted molar refractivity (Wildman–Crippen MR) is 84.8 cm³/mol. The van der Waals surface area contributed by atoms with Crippen LogP contribution in [0.25, 0.3) is 0 Å². The van der Waals surface area contributed by atoms with Gasteiger partial charge in [-0.2, -0.15) is 0 Å². The van der Waals surface area contributed by atoms with E-state index in [1.165, 1.54) is 0 Å². The summed E-state index contributed by atoms with van der Waals surface area (Å²) in [5, 5.41) is 11.8. The van der Waals surface area contributed by atoms with E-state index in [4.69, 9.17) is 23.1 Å². The molecule has 0 saturated heterocycles. The topological polar surface area (TPSA) is 78.6 Å². The Bertz CT molecular complexity index is 479. The van der Waals surface area contributed by atoms with Gasteiger partial charge in [0.15, 0.2) is 0 Å². The molecular weight excluding hydrogens is 274 g/mol. The number of carbonyl (C=O) groups excluding carboxylic acids is 1. The van der Waals surface area contributed by atoms with E-state index in [2.05, 4.69) is 5.32 Å². The Hall–Kier alpha value is -1.50. The van der Waals surface area contributed by atoms with Gasteiger partial charge in [0.2, 0.25) is 5.91 Å². The first-order chi connectivity index (χ1) is 9.45. The van der Waals surface area contributed by atoms with Crippen molar-refractivity contribution in [1.82, 2.24) is 4.90 Å². The van der Waals surface area contributed by atoms with Crippen LogP contribution in [0.2, 0.25) is 0 Å². The van der Waals surface area contributed by atoms with E-state index in [9.17, 15) is 4.79 Å². The molecule has 0 aromatic heterocycles. The molecule has 6 heteroatoms. The van der Waals surface area contributed by atoms with Crippen molar-refractivity contribution in [3.63, 3.8) is 0 Å². The van der Waals surface area contributed by atoms with Crippen LogP contribution in [-0.2, 0) is 4.79 Å². The van der Waals surface area contributed by atoms with Crippen LogP contribution < -0.4 is 11.1 Å². The van der Waals surface area contributed by atoms with Crippen LogP contribution in [0.4, 0.5) is 5.69 Å². The molecule has 1 atom stereocenters. The number of rotatable bonds is 7. The fourth-order valence-electron chi connectivity index (χ4n) is 1.66. The Morgan fingerprint density at radius 3 is 2.75 bits per heavy atom. The first-order valence-electron chi connectivity index (χ1n) is 6.45. The molecule has 20 heavy (non-hydrogen) atoms. The Balaban J connectivity index is 2.57. The van der Waals surface area contributed by atoms with Crippen LogP contribution in [0, 0.1) is 0 Å². The number of amides is 1. The third-order valence-electron chi connectivity index (χ3n) is 3.17. The third-order valence-corrected chi connectivity index (χ3v) is 3.39. The number of likely N-dealkylation sites (N-methyl/N-ethyl adjacent to an activating group) is 1. The zero-order chi connectivity index (χ0) is 15.1. The van der Waals surface area contributed by atoms with E-state index in [0.717, 1.165) is 0 Å². The van der Waals surface area contributed by atoms with Crippen LogP contribution in [0.1, 0.15) is 18.9 Å². The highest BCUT2D eigenvalue weighted by molar-refractivity contribution is 7.80. The smallest absolute Gasteiger partial charge is 0.225 e. The van der Waals surface area contributed by atoms with E-state index in [1.54, 1.807) is 12.1 Å². The number of aliphatic hydroxyl groups is 1. The van der Waals surface area contributed by atoms with Crippen molar-refractivity contribution in [2.75, 3.05) is 25.5 Å². The zero-order valence-corrected chi connectivity index (χ0v) is 12.6. The van der Waals surface area contributed by atoms with Gasteiger partial charge in [0.25, 0.3) is 0 Å². The molecule has 0 aliphatic rings. The standard InChI is InChI=1S/C14H21N3O2S/c1-10(9-18)17(2)8-7-13(19)16-12-6-4-3-5-11(12)14(15)20/h3-6,10,18H,7-9H2,1-2H3,(H2,15,20)(H,16,19). The second-order valence-corrected chi connectivity index (χ2v) is 5.16. The fourth-order valence-corrected chi connectivity index (χ4v) is 1.84. The molecule has 1 rings (SSSR count). The van der Waals surface area contributed by atoms with E-state index < -0.39 is 0 Å². The van der Waals surface area contributed by atoms with Gasteiger partial charge in [0.05, 0.1) is 12.3 Å². The predicted octanol–water partition coefficient (Wildman–Crippen LogP) is 0.962. The van der Waals surface area contributed by atoms with Crippen molar-refractivity contribution < 1.29 is 9.90 Å². The number of benzene rings is 1. The van der Waals surface area contributed by atoms with Crippen LogP contribution >= 0.6 is 12.2 Å². The van der Waals surface area contributed by atoms with E-state index >= 15 is 0 Å². The van der Waals surface area contributed by atoms with Crippen molar-refractivity contribution in [1.29, 1.82) is 0 Å². The third kappa shape index (κ3) is 4.88. The lowest BCUT2D eigenvalue weighted by Gasteiger charge is -2.22. The van der Waals surface area contributed by atoms with Crippen molar-refractivity contribution >= 4 is 28.8 Å². The van der Waals surface area contributed by atoms with Gasteiger partial charge in [-0.05, 0) is 26.1 Å². The van der Waals surface area contributed by atoms with Crippen molar-refractivity contribution in [3.05, 3.63) is 29.8 Å². The average molecular weight is 295 g/mol. The van der Waals surface area contributed by atoms with Gasteiger partial charge in [0.1, 0.15) is 4.99 Å². The molecule has 110 valence electrons. The molecule has 1 unspecified atom stereocenters. The minimum absolute atomic E-state index is 0.0340. The summed E-state index contributed by atoms with van der Waals surface area (Å²) in [5.41, 5.74) is 6.90. The maximum Gasteiger partial charge on any atom is 0.225 e. The maximum atomic E-state index is 11.9. The molecule has 0 heterocycles. The second kappa shape index (κ2) is 7.94. The molecule has 0 radical (unpaired) electrons. The minimum Gasteiger partial charge on any atom is -0.395 e. The monoisotopic (exact) mass is 295 g/mol. The van der Waals surface area contributed by atoms with E-state index in [1.807, 2.05) is 31.0 Å². The summed E-state index contributed by atoms with van der Waals surface area (Å²) in [7, 11) is 1.87. The number of anilines is 1. The molecule has 0 spiro atoms. The first-order valence-corrected chi connectivity index (χ1v) is 6.86. The lowest BCUT2D eigenvalue weighted by molar-refractivity contribution is -0.116. The number of nitrogens with two attached hydrogens (primary N) is 1. The average Bonchev–Trinajstić information content (AvgIpc) is 2.44. The fraction of sp³-hybridized carbons (Fsp3) is 0.429. The van der Waals surface area contributed by atoms with Crippen molar-refractivity contribution in [2.24, 2.45) is 5.73 Å². The van der Waals surface area contributed by atoms with Crippen LogP contribution in [0.5, 0.6) is 0 Å². The van der Waals surface area contributed by atoms with E-state index in [-0.39, 0.29) is 23.5 Å². The number of aliphatic hydroxyl groups excluding tert-OH is 1. The highest BCUT2D eigenvalue weighted by Crippen LogP contribution is 2.15. The van der Waals surface area contributed by atoms with Gasteiger partial charge in [-0.25, -0.2) is 0 Å². The van der Waals surface area contributed by atoms with Gasteiger partial charge >= 0.3 is 0 Å². The summed E-state index contributed by atoms with van der Waals surface area (Å²) in [4.78, 5) is 14.1. The number of para-hydroxylation sites is 1. The van der Waals surface area contributed by atoms with Gasteiger partial charge in [-0.1, -0.05) is 24.4 Å². The lowest BCUT2D eigenvalue weighted by atomic mass is 10.1. The van der Waals surface area contributed by atoms with Crippen LogP contribution in [-0.4, -0.2) is 47.1 Å². The molecule has 0 fully saturated rings. The van der Waals surface area contributed by atoms with Crippen molar-refractivity contribution in [3.8, 4) is 0 Å². The first kappa shape index (κ1) is 16.6. The zero-order valence-electron chi connectivity index (χ0n) is 11.8. The molecule has 0 saturated carbocycles. The summed E-state index contributed by atoms with van der Waals surface area (Å²) < 4.78 is 0. The molecule has 1 aromatic carbocycles. The molecular formula is C14H21N3O2S. The van der Waals surface area contributed by atoms with Gasteiger partial charge in [-0.3, -0.25) is 4.79 Å². The van der Waals surface area contributed by atoms with E-state index in [0.29, 0.717) is 24.2 Å². The number of carbonyl (C=O) groups is 1. The number of hydrogen-bond acceptors (Lipinski definition) is 4. The number of nitrogens with one attached hydrogen (secondary N) is 1. The van der Waals surface area contributed by atoms with Gasteiger partial charge in [0, 0.05) is 24.6 Å². The normalized spacial score (nSPS) is 12.2. The second-order valence-electron chi connectivity index (χ2n) is 4.72. The summed E-state index contributed by atoms with van der Waals surface area (Å²) in [6.07, 6.45) is 0.340. The molecule has 0 bridgehead atoms.